The minimum absolute atomic E-state index is 0.127. The molecule has 1 aliphatic heterocycles. The van der Waals surface area contributed by atoms with Crippen LogP contribution in [0.3, 0.4) is 0 Å². The summed E-state index contributed by atoms with van der Waals surface area (Å²) in [7, 11) is -3.71. The SMILES string of the molecule is Cc1ccc(NS(=O)(=O)c2ccc(NC(=O)c3ccc(CN4CCC[C@@H](C)C4)cc3)cc2)cc1. The van der Waals surface area contributed by atoms with E-state index in [1.165, 1.54) is 30.5 Å². The zero-order valence-electron chi connectivity index (χ0n) is 19.6. The van der Waals surface area contributed by atoms with Gasteiger partial charge in [0.2, 0.25) is 0 Å². The van der Waals surface area contributed by atoms with Crippen molar-refractivity contribution in [2.75, 3.05) is 23.1 Å². The summed E-state index contributed by atoms with van der Waals surface area (Å²) < 4.78 is 27.8. The van der Waals surface area contributed by atoms with Crippen molar-refractivity contribution in [3.63, 3.8) is 0 Å². The summed E-state index contributed by atoms with van der Waals surface area (Å²) in [5.74, 6) is 0.505. The Balaban J connectivity index is 1.35. The predicted octanol–water partition coefficient (Wildman–Crippen LogP) is 5.28. The van der Waals surface area contributed by atoms with Crippen LogP contribution in [0.5, 0.6) is 0 Å². The van der Waals surface area contributed by atoms with Crippen LogP contribution in [-0.4, -0.2) is 32.3 Å². The molecule has 1 aliphatic rings. The van der Waals surface area contributed by atoms with Crippen LogP contribution in [0.2, 0.25) is 0 Å². The molecule has 1 heterocycles. The van der Waals surface area contributed by atoms with Crippen molar-refractivity contribution in [3.8, 4) is 0 Å². The first-order valence-electron chi connectivity index (χ1n) is 11.6. The highest BCUT2D eigenvalue weighted by Crippen LogP contribution is 2.20. The highest BCUT2D eigenvalue weighted by atomic mass is 32.2. The minimum atomic E-state index is -3.71. The predicted molar refractivity (Wildman–Crippen MR) is 136 cm³/mol. The van der Waals surface area contributed by atoms with Gasteiger partial charge >= 0.3 is 0 Å². The molecule has 7 heteroatoms. The van der Waals surface area contributed by atoms with E-state index in [1.54, 1.807) is 24.3 Å². The molecule has 3 aromatic carbocycles. The molecule has 0 bridgehead atoms. The van der Waals surface area contributed by atoms with Gasteiger partial charge < -0.3 is 5.32 Å². The van der Waals surface area contributed by atoms with E-state index < -0.39 is 10.0 Å². The van der Waals surface area contributed by atoms with Crippen LogP contribution in [0.25, 0.3) is 0 Å². The summed E-state index contributed by atoms with van der Waals surface area (Å²) in [6.45, 7) is 7.38. The van der Waals surface area contributed by atoms with Gasteiger partial charge in [-0.1, -0.05) is 36.8 Å². The molecule has 34 heavy (non-hydrogen) atoms. The molecule has 6 nitrogen and oxygen atoms in total. The van der Waals surface area contributed by atoms with Gasteiger partial charge in [-0.2, -0.15) is 0 Å². The van der Waals surface area contributed by atoms with Gasteiger partial charge in [-0.25, -0.2) is 8.42 Å². The Labute approximate surface area is 202 Å². The monoisotopic (exact) mass is 477 g/mol. The third-order valence-electron chi connectivity index (χ3n) is 6.09. The summed E-state index contributed by atoms with van der Waals surface area (Å²) in [5, 5.41) is 2.83. The number of nitrogens with one attached hydrogen (secondary N) is 2. The lowest BCUT2D eigenvalue weighted by molar-refractivity contribution is 0.102. The summed E-state index contributed by atoms with van der Waals surface area (Å²) in [5.41, 5.74) is 3.84. The Morgan fingerprint density at radius 1 is 0.941 bits per heavy atom. The average Bonchev–Trinajstić information content (AvgIpc) is 2.81. The molecule has 1 fully saturated rings. The molecule has 0 aliphatic carbocycles. The molecule has 1 saturated heterocycles. The largest absolute Gasteiger partial charge is 0.322 e. The molecule has 0 radical (unpaired) electrons. The lowest BCUT2D eigenvalue weighted by Crippen LogP contribution is -2.33. The number of hydrogen-bond donors (Lipinski definition) is 2. The third-order valence-corrected chi connectivity index (χ3v) is 7.49. The minimum Gasteiger partial charge on any atom is -0.322 e. The first-order chi connectivity index (χ1) is 16.3. The second-order valence-corrected chi connectivity index (χ2v) is 10.8. The van der Waals surface area contributed by atoms with Crippen molar-refractivity contribution >= 4 is 27.3 Å². The number of likely N-dealkylation sites (tertiary alicyclic amines) is 1. The topological polar surface area (TPSA) is 78.5 Å². The highest BCUT2D eigenvalue weighted by Gasteiger charge is 2.17. The van der Waals surface area contributed by atoms with Gasteiger partial charge in [0.1, 0.15) is 0 Å². The second kappa shape index (κ2) is 10.4. The van der Waals surface area contributed by atoms with E-state index in [2.05, 4.69) is 21.9 Å². The number of hydrogen-bond acceptors (Lipinski definition) is 4. The number of amides is 1. The average molecular weight is 478 g/mol. The van der Waals surface area contributed by atoms with E-state index in [4.69, 9.17) is 0 Å². The Bertz CT molecular complexity index is 1220. The molecular formula is C27H31N3O3S. The van der Waals surface area contributed by atoms with Gasteiger partial charge in [-0.05, 0) is 86.3 Å². The van der Waals surface area contributed by atoms with Crippen molar-refractivity contribution in [1.29, 1.82) is 0 Å². The van der Waals surface area contributed by atoms with Crippen molar-refractivity contribution in [3.05, 3.63) is 89.5 Å². The molecule has 0 spiro atoms. The fourth-order valence-corrected chi connectivity index (χ4v) is 5.27. The van der Waals surface area contributed by atoms with Gasteiger partial charge in [0.15, 0.2) is 0 Å². The maximum atomic E-state index is 12.7. The number of aryl methyl sites for hydroxylation is 1. The number of sulfonamides is 1. The number of benzene rings is 3. The van der Waals surface area contributed by atoms with Crippen LogP contribution in [0.1, 0.15) is 41.3 Å². The Morgan fingerprint density at radius 3 is 2.24 bits per heavy atom. The summed E-state index contributed by atoms with van der Waals surface area (Å²) in [6.07, 6.45) is 2.54. The number of carbonyl (C=O) groups excluding carboxylic acids is 1. The molecule has 0 unspecified atom stereocenters. The lowest BCUT2D eigenvalue weighted by atomic mass is 9.99. The molecule has 4 rings (SSSR count). The Hall–Kier alpha value is -3.16. The van der Waals surface area contributed by atoms with Crippen molar-refractivity contribution in [1.82, 2.24) is 4.90 Å². The second-order valence-electron chi connectivity index (χ2n) is 9.13. The zero-order valence-corrected chi connectivity index (χ0v) is 20.4. The molecule has 0 aromatic heterocycles. The lowest BCUT2D eigenvalue weighted by Gasteiger charge is -2.30. The van der Waals surface area contributed by atoms with E-state index in [-0.39, 0.29) is 10.8 Å². The van der Waals surface area contributed by atoms with E-state index in [0.29, 0.717) is 16.9 Å². The van der Waals surface area contributed by atoms with Gasteiger partial charge in [0.25, 0.3) is 15.9 Å². The normalized spacial score (nSPS) is 16.7. The van der Waals surface area contributed by atoms with Crippen molar-refractivity contribution in [2.45, 2.75) is 38.1 Å². The third kappa shape index (κ3) is 6.24. The maximum Gasteiger partial charge on any atom is 0.261 e. The molecule has 3 aromatic rings. The highest BCUT2D eigenvalue weighted by molar-refractivity contribution is 7.92. The van der Waals surface area contributed by atoms with Crippen LogP contribution in [0, 0.1) is 12.8 Å². The first-order valence-corrected chi connectivity index (χ1v) is 13.1. The number of nitrogens with zero attached hydrogens (tertiary/aromatic N) is 1. The summed E-state index contributed by atoms with van der Waals surface area (Å²) in [6, 6.07) is 20.9. The van der Waals surface area contributed by atoms with Crippen LogP contribution in [-0.2, 0) is 16.6 Å². The van der Waals surface area contributed by atoms with Crippen LogP contribution < -0.4 is 10.0 Å². The van der Waals surface area contributed by atoms with Gasteiger partial charge in [-0.15, -0.1) is 0 Å². The Kier molecular flexibility index (Phi) is 7.34. The van der Waals surface area contributed by atoms with Gasteiger partial charge in [0.05, 0.1) is 4.90 Å². The zero-order chi connectivity index (χ0) is 24.1. The molecule has 178 valence electrons. The first kappa shape index (κ1) is 24.0. The van der Waals surface area contributed by atoms with Gasteiger partial charge in [0, 0.05) is 30.0 Å². The summed E-state index contributed by atoms with van der Waals surface area (Å²) >= 11 is 0. The number of carbonyl (C=O) groups is 1. The summed E-state index contributed by atoms with van der Waals surface area (Å²) in [4.78, 5) is 15.2. The van der Waals surface area contributed by atoms with E-state index in [0.717, 1.165) is 31.1 Å². The van der Waals surface area contributed by atoms with Crippen molar-refractivity contribution < 1.29 is 13.2 Å². The fourth-order valence-electron chi connectivity index (χ4n) is 4.21. The number of piperidine rings is 1. The number of anilines is 2. The fraction of sp³-hybridized carbons (Fsp3) is 0.296. The standard InChI is InChI=1S/C27H31N3O3S/c1-20-5-11-25(12-6-20)29-34(32,33)26-15-13-24(14-16-26)28-27(31)23-9-7-22(8-10-23)19-30-17-3-4-21(2)18-30/h5-16,21,29H,3-4,17-19H2,1-2H3,(H,28,31)/t21-/m1/s1. The van der Waals surface area contributed by atoms with Crippen LogP contribution >= 0.6 is 0 Å². The van der Waals surface area contributed by atoms with Gasteiger partial charge in [-0.3, -0.25) is 14.4 Å². The van der Waals surface area contributed by atoms with E-state index >= 15 is 0 Å². The molecule has 1 amide bonds. The number of rotatable bonds is 7. The van der Waals surface area contributed by atoms with Crippen LogP contribution in [0.4, 0.5) is 11.4 Å². The van der Waals surface area contributed by atoms with Crippen molar-refractivity contribution in [2.24, 2.45) is 5.92 Å². The molecule has 2 N–H and O–H groups in total. The van der Waals surface area contributed by atoms with E-state index in [1.807, 2.05) is 43.3 Å². The molecule has 1 atom stereocenters. The quantitative estimate of drug-likeness (QED) is 0.485. The smallest absolute Gasteiger partial charge is 0.261 e. The van der Waals surface area contributed by atoms with E-state index in [9.17, 15) is 13.2 Å². The molecule has 0 saturated carbocycles. The Morgan fingerprint density at radius 2 is 1.59 bits per heavy atom. The molecular weight excluding hydrogens is 446 g/mol. The maximum absolute atomic E-state index is 12.7. The van der Waals surface area contributed by atoms with Crippen LogP contribution in [0.15, 0.2) is 77.7 Å².